The van der Waals surface area contributed by atoms with Gasteiger partial charge >= 0.3 is 0 Å². The zero-order valence-corrected chi connectivity index (χ0v) is 11.3. The predicted octanol–water partition coefficient (Wildman–Crippen LogP) is 2.17. The van der Waals surface area contributed by atoms with Crippen LogP contribution in [0.3, 0.4) is 0 Å². The van der Waals surface area contributed by atoms with Crippen molar-refractivity contribution in [1.29, 1.82) is 0 Å². The number of carbonyl (C=O) groups excluding carboxylic acids is 1. The highest BCUT2D eigenvalue weighted by Gasteiger charge is 2.26. The maximum absolute atomic E-state index is 12.0. The number of rotatable bonds is 4. The molecule has 0 aromatic heterocycles. The normalized spacial score (nSPS) is 13.2. The van der Waals surface area contributed by atoms with E-state index >= 15 is 0 Å². The SMILES string of the molecule is CNC(C)(C)C(=O)NC(C)c1ccccc1C. The molecule has 0 saturated carbocycles. The number of hydrogen-bond acceptors (Lipinski definition) is 2. The van der Waals surface area contributed by atoms with Crippen LogP contribution in [0.4, 0.5) is 0 Å². The Morgan fingerprint density at radius 3 is 2.41 bits per heavy atom. The van der Waals surface area contributed by atoms with Gasteiger partial charge in [-0.3, -0.25) is 4.79 Å². The van der Waals surface area contributed by atoms with Crippen molar-refractivity contribution in [2.24, 2.45) is 0 Å². The average Bonchev–Trinajstić information content (AvgIpc) is 2.29. The molecule has 1 unspecified atom stereocenters. The van der Waals surface area contributed by atoms with Crippen LogP contribution < -0.4 is 10.6 Å². The first kappa shape index (κ1) is 13.7. The van der Waals surface area contributed by atoms with Gasteiger partial charge in [0.1, 0.15) is 0 Å². The third-order valence-electron chi connectivity index (χ3n) is 3.20. The molecule has 0 spiro atoms. The molecule has 0 bridgehead atoms. The van der Waals surface area contributed by atoms with Gasteiger partial charge in [0.15, 0.2) is 0 Å². The van der Waals surface area contributed by atoms with E-state index in [2.05, 4.69) is 23.6 Å². The molecule has 1 rings (SSSR count). The Bertz CT molecular complexity index is 399. The summed E-state index contributed by atoms with van der Waals surface area (Å²) in [6, 6.07) is 8.13. The molecule has 0 fully saturated rings. The van der Waals surface area contributed by atoms with Crippen molar-refractivity contribution >= 4 is 5.91 Å². The highest BCUT2D eigenvalue weighted by molar-refractivity contribution is 5.85. The van der Waals surface area contributed by atoms with E-state index in [9.17, 15) is 4.79 Å². The molecule has 2 N–H and O–H groups in total. The van der Waals surface area contributed by atoms with Crippen LogP contribution in [0.2, 0.25) is 0 Å². The van der Waals surface area contributed by atoms with Gasteiger partial charge < -0.3 is 10.6 Å². The largest absolute Gasteiger partial charge is 0.348 e. The average molecular weight is 234 g/mol. The minimum atomic E-state index is -0.545. The monoisotopic (exact) mass is 234 g/mol. The van der Waals surface area contributed by atoms with Gasteiger partial charge in [-0.1, -0.05) is 24.3 Å². The molecule has 1 atom stereocenters. The van der Waals surface area contributed by atoms with Gasteiger partial charge in [-0.05, 0) is 45.9 Å². The summed E-state index contributed by atoms with van der Waals surface area (Å²) in [6.07, 6.45) is 0. The van der Waals surface area contributed by atoms with Crippen LogP contribution >= 0.6 is 0 Å². The molecule has 0 aliphatic heterocycles. The molecule has 0 heterocycles. The van der Waals surface area contributed by atoms with Crippen LogP contribution in [0.1, 0.15) is 37.9 Å². The van der Waals surface area contributed by atoms with Gasteiger partial charge in [-0.2, -0.15) is 0 Å². The molecule has 0 aliphatic rings. The number of hydrogen-bond donors (Lipinski definition) is 2. The lowest BCUT2D eigenvalue weighted by atomic mass is 10.00. The Balaban J connectivity index is 2.77. The molecular weight excluding hydrogens is 212 g/mol. The van der Waals surface area contributed by atoms with Crippen LogP contribution in [0, 0.1) is 6.92 Å². The van der Waals surface area contributed by atoms with E-state index in [4.69, 9.17) is 0 Å². The summed E-state index contributed by atoms with van der Waals surface area (Å²) < 4.78 is 0. The van der Waals surface area contributed by atoms with Crippen LogP contribution in [0.25, 0.3) is 0 Å². The second-order valence-electron chi connectivity index (χ2n) is 4.93. The van der Waals surface area contributed by atoms with Gasteiger partial charge in [0, 0.05) is 0 Å². The number of likely N-dealkylation sites (N-methyl/N-ethyl adjacent to an activating group) is 1. The molecule has 3 heteroatoms. The number of carbonyl (C=O) groups is 1. The summed E-state index contributed by atoms with van der Waals surface area (Å²) >= 11 is 0. The van der Waals surface area contributed by atoms with Crippen LogP contribution in [0.5, 0.6) is 0 Å². The van der Waals surface area contributed by atoms with Crippen molar-refractivity contribution in [3.8, 4) is 0 Å². The molecule has 0 radical (unpaired) electrons. The lowest BCUT2D eigenvalue weighted by molar-refractivity contribution is -0.126. The highest BCUT2D eigenvalue weighted by atomic mass is 16.2. The van der Waals surface area contributed by atoms with Crippen molar-refractivity contribution in [2.45, 2.75) is 39.3 Å². The predicted molar refractivity (Wildman–Crippen MR) is 70.9 cm³/mol. The highest BCUT2D eigenvalue weighted by Crippen LogP contribution is 2.17. The van der Waals surface area contributed by atoms with Crippen molar-refractivity contribution < 1.29 is 4.79 Å². The van der Waals surface area contributed by atoms with Crippen LogP contribution in [-0.2, 0) is 4.79 Å². The fraction of sp³-hybridized carbons (Fsp3) is 0.500. The molecule has 94 valence electrons. The summed E-state index contributed by atoms with van der Waals surface area (Å²) in [7, 11) is 1.79. The van der Waals surface area contributed by atoms with E-state index in [1.807, 2.05) is 39.0 Å². The van der Waals surface area contributed by atoms with Gasteiger partial charge in [0.2, 0.25) is 5.91 Å². The second kappa shape index (κ2) is 5.32. The fourth-order valence-corrected chi connectivity index (χ4v) is 1.64. The second-order valence-corrected chi connectivity index (χ2v) is 4.93. The van der Waals surface area contributed by atoms with Crippen molar-refractivity contribution in [3.05, 3.63) is 35.4 Å². The van der Waals surface area contributed by atoms with Crippen LogP contribution in [0.15, 0.2) is 24.3 Å². The fourth-order valence-electron chi connectivity index (χ4n) is 1.64. The first-order valence-electron chi connectivity index (χ1n) is 5.94. The number of benzene rings is 1. The van der Waals surface area contributed by atoms with E-state index in [-0.39, 0.29) is 11.9 Å². The van der Waals surface area contributed by atoms with E-state index in [0.717, 1.165) is 5.56 Å². The Morgan fingerprint density at radius 2 is 1.88 bits per heavy atom. The topological polar surface area (TPSA) is 41.1 Å². The van der Waals surface area contributed by atoms with Gasteiger partial charge in [0.05, 0.1) is 11.6 Å². The molecule has 1 aromatic rings. The van der Waals surface area contributed by atoms with Crippen molar-refractivity contribution in [3.63, 3.8) is 0 Å². The summed E-state index contributed by atoms with van der Waals surface area (Å²) in [5, 5.41) is 6.03. The summed E-state index contributed by atoms with van der Waals surface area (Å²) in [6.45, 7) is 7.80. The zero-order valence-electron chi connectivity index (χ0n) is 11.3. The molecule has 1 aromatic carbocycles. The standard InChI is InChI=1S/C14H22N2O/c1-10-8-6-7-9-12(10)11(2)16-13(17)14(3,4)15-5/h6-9,11,15H,1-5H3,(H,16,17). The van der Waals surface area contributed by atoms with Crippen molar-refractivity contribution in [2.75, 3.05) is 7.05 Å². The smallest absolute Gasteiger partial charge is 0.240 e. The van der Waals surface area contributed by atoms with E-state index in [1.165, 1.54) is 5.56 Å². The maximum atomic E-state index is 12.0. The first-order valence-corrected chi connectivity index (χ1v) is 5.94. The molecule has 0 saturated heterocycles. The first-order chi connectivity index (χ1) is 7.88. The molecule has 0 aliphatic carbocycles. The summed E-state index contributed by atoms with van der Waals surface area (Å²) in [4.78, 5) is 12.0. The van der Waals surface area contributed by atoms with Gasteiger partial charge in [-0.15, -0.1) is 0 Å². The maximum Gasteiger partial charge on any atom is 0.240 e. The number of aryl methyl sites for hydroxylation is 1. The van der Waals surface area contributed by atoms with E-state index in [1.54, 1.807) is 7.05 Å². The third-order valence-corrected chi connectivity index (χ3v) is 3.20. The minimum absolute atomic E-state index is 0.00996. The molecular formula is C14H22N2O. The van der Waals surface area contributed by atoms with E-state index in [0.29, 0.717) is 0 Å². The summed E-state index contributed by atoms with van der Waals surface area (Å²) in [5.74, 6) is 0.00996. The van der Waals surface area contributed by atoms with Crippen molar-refractivity contribution in [1.82, 2.24) is 10.6 Å². The molecule has 1 amide bonds. The van der Waals surface area contributed by atoms with E-state index < -0.39 is 5.54 Å². The Morgan fingerprint density at radius 1 is 1.29 bits per heavy atom. The quantitative estimate of drug-likeness (QED) is 0.838. The zero-order chi connectivity index (χ0) is 13.1. The van der Waals surface area contributed by atoms with Gasteiger partial charge in [-0.25, -0.2) is 0 Å². The Hall–Kier alpha value is -1.35. The summed E-state index contributed by atoms with van der Waals surface area (Å²) in [5.41, 5.74) is 1.81. The lowest BCUT2D eigenvalue weighted by Gasteiger charge is -2.26. The van der Waals surface area contributed by atoms with Gasteiger partial charge in [0.25, 0.3) is 0 Å². The number of amides is 1. The minimum Gasteiger partial charge on any atom is -0.348 e. The van der Waals surface area contributed by atoms with Crippen LogP contribution in [-0.4, -0.2) is 18.5 Å². The lowest BCUT2D eigenvalue weighted by Crippen LogP contribution is -2.51. The Kier molecular flexibility index (Phi) is 4.29. The molecule has 3 nitrogen and oxygen atoms in total. The number of nitrogens with one attached hydrogen (secondary N) is 2. The molecule has 17 heavy (non-hydrogen) atoms. The Labute approximate surface area is 104 Å². The third kappa shape index (κ3) is 3.30.